The number of hydrogen-bond acceptors (Lipinski definition) is 6. The summed E-state index contributed by atoms with van der Waals surface area (Å²) in [6.07, 6.45) is -4.76. The molecule has 0 aliphatic heterocycles. The number of rotatable bonds is 11. The van der Waals surface area contributed by atoms with Gasteiger partial charge in [0.25, 0.3) is 0 Å². The van der Waals surface area contributed by atoms with E-state index in [2.05, 4.69) is 5.32 Å². The predicted octanol–water partition coefficient (Wildman–Crippen LogP) is 5.68. The molecule has 0 aromatic heterocycles. The monoisotopic (exact) mass is 570 g/mol. The summed E-state index contributed by atoms with van der Waals surface area (Å²) in [5, 5.41) is 3.14. The molecule has 10 heteroatoms. The third kappa shape index (κ3) is 8.57. The zero-order chi connectivity index (χ0) is 30.2. The van der Waals surface area contributed by atoms with E-state index in [1.54, 1.807) is 72.8 Å². The Morgan fingerprint density at radius 3 is 2.07 bits per heavy atom. The molecule has 3 aromatic carbocycles. The Morgan fingerprint density at radius 1 is 0.878 bits per heavy atom. The van der Waals surface area contributed by atoms with E-state index < -0.39 is 29.6 Å². The summed E-state index contributed by atoms with van der Waals surface area (Å²) in [5.41, 5.74) is 1.11. The first kappa shape index (κ1) is 31.2. The smallest absolute Gasteiger partial charge is 0.471 e. The molecule has 218 valence electrons. The van der Waals surface area contributed by atoms with Crippen molar-refractivity contribution in [1.29, 1.82) is 0 Å². The minimum absolute atomic E-state index is 0.142. The summed E-state index contributed by atoms with van der Waals surface area (Å²) in [4.78, 5) is 38.3. The molecule has 0 saturated carbocycles. The number of carbonyl (C=O) groups is 3. The number of methoxy groups -OCH3 is 1. The first-order chi connectivity index (χ1) is 19.3. The largest absolute Gasteiger partial charge is 0.492 e. The Morgan fingerprint density at radius 2 is 1.49 bits per heavy atom. The number of nitrogens with zero attached hydrogens (tertiary/aromatic N) is 1. The van der Waals surface area contributed by atoms with Crippen LogP contribution >= 0.6 is 0 Å². The van der Waals surface area contributed by atoms with Crippen molar-refractivity contribution in [2.24, 2.45) is 0 Å². The zero-order valence-corrected chi connectivity index (χ0v) is 23.3. The third-order valence-electron chi connectivity index (χ3n) is 6.27. The van der Waals surface area contributed by atoms with Crippen molar-refractivity contribution in [2.75, 3.05) is 25.6 Å². The van der Waals surface area contributed by atoms with E-state index in [-0.39, 0.29) is 25.4 Å². The molecule has 0 spiro atoms. The molecular formula is C31H33F3N2O5. The normalized spacial score (nSPS) is 12.3. The van der Waals surface area contributed by atoms with Crippen LogP contribution in [0.1, 0.15) is 42.3 Å². The average molecular weight is 571 g/mol. The van der Waals surface area contributed by atoms with Gasteiger partial charge in [-0.05, 0) is 50.6 Å². The molecule has 3 rings (SSSR count). The third-order valence-corrected chi connectivity index (χ3v) is 6.27. The number of anilines is 1. The first-order valence-corrected chi connectivity index (χ1v) is 12.9. The molecule has 0 saturated heterocycles. The van der Waals surface area contributed by atoms with E-state index in [1.807, 2.05) is 6.07 Å². The molecule has 0 heterocycles. The fraction of sp³-hybridized carbons (Fsp3) is 0.323. The number of ketones is 1. The maximum Gasteiger partial charge on any atom is 0.471 e. The van der Waals surface area contributed by atoms with Crippen molar-refractivity contribution in [3.63, 3.8) is 0 Å². The minimum atomic E-state index is -4.98. The van der Waals surface area contributed by atoms with Crippen LogP contribution in [0.4, 0.5) is 18.9 Å². The fourth-order valence-corrected chi connectivity index (χ4v) is 4.18. The molecule has 1 N–H and O–H groups in total. The van der Waals surface area contributed by atoms with Gasteiger partial charge in [-0.2, -0.15) is 13.2 Å². The second-order valence-corrected chi connectivity index (χ2v) is 10.3. The van der Waals surface area contributed by atoms with Gasteiger partial charge in [0, 0.05) is 28.8 Å². The lowest BCUT2D eigenvalue weighted by Crippen LogP contribution is -2.52. The van der Waals surface area contributed by atoms with Crippen molar-refractivity contribution in [3.05, 3.63) is 95.6 Å². The average Bonchev–Trinajstić information content (AvgIpc) is 2.94. The van der Waals surface area contributed by atoms with Crippen molar-refractivity contribution >= 4 is 23.3 Å². The number of benzene rings is 3. The number of nitrogens with one attached hydrogen (secondary N) is 1. The van der Waals surface area contributed by atoms with Gasteiger partial charge >= 0.3 is 18.1 Å². The van der Waals surface area contributed by atoms with Crippen molar-refractivity contribution in [3.8, 4) is 5.75 Å². The molecule has 7 nitrogen and oxygen atoms in total. The van der Waals surface area contributed by atoms with Crippen LogP contribution in [0.2, 0.25) is 0 Å². The van der Waals surface area contributed by atoms with Gasteiger partial charge in [0.15, 0.2) is 5.78 Å². The second kappa shape index (κ2) is 13.3. The summed E-state index contributed by atoms with van der Waals surface area (Å²) < 4.78 is 49.6. The number of halogens is 3. The number of para-hydroxylation sites is 1. The predicted molar refractivity (Wildman–Crippen MR) is 149 cm³/mol. The SMILES string of the molecule is COC(=O)C(Cc1ccc(OCCN(C(=O)C(F)(F)F)C(C)(C)C)cc1)Nc1ccccc1C(=O)c1ccccc1. The van der Waals surface area contributed by atoms with Crippen LogP contribution in [0, 0.1) is 0 Å². The van der Waals surface area contributed by atoms with Crippen LogP contribution in [-0.2, 0) is 20.7 Å². The Labute approximate surface area is 237 Å². The quantitative estimate of drug-likeness (QED) is 0.236. The lowest BCUT2D eigenvalue weighted by Gasteiger charge is -2.36. The van der Waals surface area contributed by atoms with E-state index >= 15 is 0 Å². The van der Waals surface area contributed by atoms with Crippen LogP contribution in [0.15, 0.2) is 78.9 Å². The van der Waals surface area contributed by atoms with Crippen molar-refractivity contribution < 1.29 is 37.0 Å². The van der Waals surface area contributed by atoms with Gasteiger partial charge in [-0.25, -0.2) is 4.79 Å². The number of amides is 1. The highest BCUT2D eigenvalue weighted by atomic mass is 19.4. The Balaban J connectivity index is 1.68. The maximum absolute atomic E-state index is 13.1. The lowest BCUT2D eigenvalue weighted by atomic mass is 10.00. The summed E-state index contributed by atoms with van der Waals surface area (Å²) in [6, 6.07) is 21.6. The first-order valence-electron chi connectivity index (χ1n) is 12.9. The van der Waals surface area contributed by atoms with Crippen molar-refractivity contribution in [2.45, 2.75) is 44.9 Å². The Bertz CT molecular complexity index is 1340. The minimum Gasteiger partial charge on any atom is -0.492 e. The number of esters is 1. The lowest BCUT2D eigenvalue weighted by molar-refractivity contribution is -0.190. The van der Waals surface area contributed by atoms with Gasteiger partial charge < -0.3 is 19.7 Å². The molecule has 0 radical (unpaired) electrons. The fourth-order valence-electron chi connectivity index (χ4n) is 4.18. The summed E-state index contributed by atoms with van der Waals surface area (Å²) in [6.45, 7) is 4.17. The highest BCUT2D eigenvalue weighted by molar-refractivity contribution is 6.12. The second-order valence-electron chi connectivity index (χ2n) is 10.3. The topological polar surface area (TPSA) is 84.9 Å². The number of ether oxygens (including phenoxy) is 2. The Hall–Kier alpha value is -4.34. The number of alkyl halides is 3. The molecule has 1 amide bonds. The van der Waals surface area contributed by atoms with Gasteiger partial charge in [-0.3, -0.25) is 9.59 Å². The molecule has 0 aliphatic rings. The van der Waals surface area contributed by atoms with E-state index in [0.29, 0.717) is 22.6 Å². The summed E-state index contributed by atoms with van der Waals surface area (Å²) >= 11 is 0. The van der Waals surface area contributed by atoms with E-state index in [9.17, 15) is 27.6 Å². The summed E-state index contributed by atoms with van der Waals surface area (Å²) in [5.74, 6) is -2.24. The number of carbonyl (C=O) groups excluding carboxylic acids is 3. The molecule has 0 bridgehead atoms. The molecule has 3 aromatic rings. The number of hydrogen-bond donors (Lipinski definition) is 1. The molecule has 0 aliphatic carbocycles. The van der Waals surface area contributed by atoms with Gasteiger partial charge in [0.05, 0.1) is 13.7 Å². The van der Waals surface area contributed by atoms with Crippen LogP contribution in [0.5, 0.6) is 5.75 Å². The Kier molecular flexibility index (Phi) is 10.2. The van der Waals surface area contributed by atoms with Gasteiger partial charge in [0.2, 0.25) is 0 Å². The molecule has 1 atom stereocenters. The van der Waals surface area contributed by atoms with Crippen LogP contribution in [-0.4, -0.2) is 60.6 Å². The highest BCUT2D eigenvalue weighted by Crippen LogP contribution is 2.25. The van der Waals surface area contributed by atoms with E-state index in [0.717, 1.165) is 10.5 Å². The van der Waals surface area contributed by atoms with Crippen LogP contribution in [0.25, 0.3) is 0 Å². The van der Waals surface area contributed by atoms with Crippen LogP contribution < -0.4 is 10.1 Å². The molecule has 41 heavy (non-hydrogen) atoms. The van der Waals surface area contributed by atoms with E-state index in [4.69, 9.17) is 9.47 Å². The molecular weight excluding hydrogens is 537 g/mol. The van der Waals surface area contributed by atoms with Gasteiger partial charge in [0.1, 0.15) is 18.4 Å². The molecule has 1 unspecified atom stereocenters. The highest BCUT2D eigenvalue weighted by Gasteiger charge is 2.45. The molecule has 0 fully saturated rings. The standard InChI is InChI=1S/C31H33F3N2O5/c1-30(2,3)36(29(39)31(32,33)34)18-19-41-23-16-14-21(15-17-23)20-26(28(38)40-4)35-25-13-9-8-12-24(25)27(37)22-10-6-5-7-11-22/h5-17,26,35H,18-20H2,1-4H3. The maximum atomic E-state index is 13.1. The van der Waals surface area contributed by atoms with Gasteiger partial charge in [-0.1, -0.05) is 54.6 Å². The van der Waals surface area contributed by atoms with Gasteiger partial charge in [-0.15, -0.1) is 0 Å². The zero-order valence-electron chi connectivity index (χ0n) is 23.3. The van der Waals surface area contributed by atoms with Crippen LogP contribution in [0.3, 0.4) is 0 Å². The summed E-state index contributed by atoms with van der Waals surface area (Å²) in [7, 11) is 1.28. The van der Waals surface area contributed by atoms with Crippen molar-refractivity contribution in [1.82, 2.24) is 4.90 Å². The van der Waals surface area contributed by atoms with E-state index in [1.165, 1.54) is 27.9 Å².